The number of piperidine rings is 1. The predicted molar refractivity (Wildman–Crippen MR) is 68.4 cm³/mol. The van der Waals surface area contributed by atoms with Gasteiger partial charge in [-0.05, 0) is 54.2 Å². The maximum Gasteiger partial charge on any atom is 0.143 e. The molecule has 1 aromatic rings. The van der Waals surface area contributed by atoms with Gasteiger partial charge in [0, 0.05) is 12.7 Å². The van der Waals surface area contributed by atoms with Gasteiger partial charge in [-0.25, -0.2) is 9.97 Å². The number of nitrogens with one attached hydrogen (secondary N) is 2. The van der Waals surface area contributed by atoms with Crippen molar-refractivity contribution in [2.24, 2.45) is 5.92 Å². The molecule has 0 amide bonds. The summed E-state index contributed by atoms with van der Waals surface area (Å²) in [6.45, 7) is 3.32. The second-order valence-electron chi connectivity index (χ2n) is 4.15. The van der Waals surface area contributed by atoms with E-state index in [1.54, 1.807) is 12.5 Å². The maximum absolute atomic E-state index is 4.18. The summed E-state index contributed by atoms with van der Waals surface area (Å²) in [7, 11) is 0. The van der Waals surface area contributed by atoms with E-state index >= 15 is 0 Å². The number of halogens is 1. The van der Waals surface area contributed by atoms with Crippen LogP contribution in [0.4, 0.5) is 5.82 Å². The fraction of sp³-hybridized carbons (Fsp3) is 0.636. The third-order valence-electron chi connectivity index (χ3n) is 2.91. The van der Waals surface area contributed by atoms with Gasteiger partial charge in [-0.2, -0.15) is 0 Å². The molecule has 1 unspecified atom stereocenters. The van der Waals surface area contributed by atoms with Gasteiger partial charge in [-0.3, -0.25) is 0 Å². The minimum absolute atomic E-state index is 0.807. The van der Waals surface area contributed by atoms with Crippen LogP contribution in [0.15, 0.2) is 17.0 Å². The number of hydrogen-bond acceptors (Lipinski definition) is 4. The average molecular weight is 285 g/mol. The van der Waals surface area contributed by atoms with Gasteiger partial charge in [0.2, 0.25) is 0 Å². The van der Waals surface area contributed by atoms with E-state index in [1.165, 1.54) is 25.8 Å². The Balaban J connectivity index is 1.73. The molecule has 0 radical (unpaired) electrons. The van der Waals surface area contributed by atoms with Gasteiger partial charge < -0.3 is 10.6 Å². The highest BCUT2D eigenvalue weighted by Crippen LogP contribution is 2.18. The molecule has 16 heavy (non-hydrogen) atoms. The van der Waals surface area contributed by atoms with Gasteiger partial charge in [-0.1, -0.05) is 0 Å². The molecule has 0 spiro atoms. The normalized spacial score (nSPS) is 20.7. The summed E-state index contributed by atoms with van der Waals surface area (Å²) in [4.78, 5) is 8.11. The maximum atomic E-state index is 4.18. The van der Waals surface area contributed by atoms with Crippen molar-refractivity contribution in [3.05, 3.63) is 17.0 Å². The van der Waals surface area contributed by atoms with E-state index in [1.807, 2.05) is 0 Å². The lowest BCUT2D eigenvalue weighted by molar-refractivity contribution is 0.364. The SMILES string of the molecule is Brc1cncnc1NCCC1CCCNC1. The van der Waals surface area contributed by atoms with E-state index in [0.29, 0.717) is 0 Å². The minimum Gasteiger partial charge on any atom is -0.369 e. The molecular weight excluding hydrogens is 268 g/mol. The van der Waals surface area contributed by atoms with Gasteiger partial charge >= 0.3 is 0 Å². The first-order valence-electron chi connectivity index (χ1n) is 5.76. The monoisotopic (exact) mass is 284 g/mol. The lowest BCUT2D eigenvalue weighted by Crippen LogP contribution is -2.30. The zero-order valence-corrected chi connectivity index (χ0v) is 10.8. The van der Waals surface area contributed by atoms with Crippen LogP contribution in [-0.4, -0.2) is 29.6 Å². The molecule has 0 aromatic carbocycles. The van der Waals surface area contributed by atoms with E-state index in [-0.39, 0.29) is 0 Å². The molecule has 0 saturated carbocycles. The molecule has 1 aliphatic rings. The van der Waals surface area contributed by atoms with Gasteiger partial charge in [0.25, 0.3) is 0 Å². The van der Waals surface area contributed by atoms with Crippen LogP contribution in [0, 0.1) is 5.92 Å². The third kappa shape index (κ3) is 3.42. The minimum atomic E-state index is 0.807. The second kappa shape index (κ2) is 6.15. The smallest absolute Gasteiger partial charge is 0.143 e. The van der Waals surface area contributed by atoms with Crippen LogP contribution in [0.5, 0.6) is 0 Å². The molecule has 1 atom stereocenters. The molecule has 0 bridgehead atoms. The Morgan fingerprint density at radius 1 is 1.56 bits per heavy atom. The summed E-state index contributed by atoms with van der Waals surface area (Å²) >= 11 is 3.42. The molecule has 2 N–H and O–H groups in total. The van der Waals surface area contributed by atoms with Gasteiger partial charge in [0.1, 0.15) is 12.1 Å². The summed E-state index contributed by atoms with van der Waals surface area (Å²) in [5.41, 5.74) is 0. The highest BCUT2D eigenvalue weighted by molar-refractivity contribution is 9.10. The number of anilines is 1. The van der Waals surface area contributed by atoms with Crippen molar-refractivity contribution in [3.8, 4) is 0 Å². The Morgan fingerprint density at radius 2 is 2.50 bits per heavy atom. The van der Waals surface area contributed by atoms with Crippen LogP contribution < -0.4 is 10.6 Å². The second-order valence-corrected chi connectivity index (χ2v) is 5.00. The first-order valence-corrected chi connectivity index (χ1v) is 6.55. The molecule has 88 valence electrons. The zero-order chi connectivity index (χ0) is 11.2. The predicted octanol–water partition coefficient (Wildman–Crippen LogP) is 2.04. The van der Waals surface area contributed by atoms with Crippen LogP contribution in [-0.2, 0) is 0 Å². The molecule has 1 fully saturated rings. The highest BCUT2D eigenvalue weighted by atomic mass is 79.9. The molecule has 1 aromatic heterocycles. The molecule has 1 aliphatic heterocycles. The van der Waals surface area contributed by atoms with E-state index in [2.05, 4.69) is 36.5 Å². The number of hydrogen-bond donors (Lipinski definition) is 2. The first-order chi connectivity index (χ1) is 7.86. The third-order valence-corrected chi connectivity index (χ3v) is 3.49. The molecule has 0 aliphatic carbocycles. The lowest BCUT2D eigenvalue weighted by atomic mass is 9.96. The lowest BCUT2D eigenvalue weighted by Gasteiger charge is -2.22. The van der Waals surface area contributed by atoms with Crippen LogP contribution in [0.2, 0.25) is 0 Å². The average Bonchev–Trinajstić information content (AvgIpc) is 2.33. The zero-order valence-electron chi connectivity index (χ0n) is 9.25. The number of rotatable bonds is 4. The standard InChI is InChI=1S/C11H17BrN4/c12-10-7-14-8-16-11(10)15-5-3-9-2-1-4-13-6-9/h7-9,13H,1-6H2,(H,14,15,16). The van der Waals surface area contributed by atoms with Crippen molar-refractivity contribution in [3.63, 3.8) is 0 Å². The van der Waals surface area contributed by atoms with Crippen molar-refractivity contribution in [2.45, 2.75) is 19.3 Å². The Hall–Kier alpha value is -0.680. The molecule has 1 saturated heterocycles. The Labute approximate surface area is 104 Å². The van der Waals surface area contributed by atoms with E-state index in [9.17, 15) is 0 Å². The van der Waals surface area contributed by atoms with E-state index in [4.69, 9.17) is 0 Å². The van der Waals surface area contributed by atoms with Crippen LogP contribution in [0.1, 0.15) is 19.3 Å². The summed E-state index contributed by atoms with van der Waals surface area (Å²) in [5.74, 6) is 1.70. The largest absolute Gasteiger partial charge is 0.369 e. The van der Waals surface area contributed by atoms with Crippen molar-refractivity contribution in [1.82, 2.24) is 15.3 Å². The molecular formula is C11H17BrN4. The Bertz CT molecular complexity index is 326. The van der Waals surface area contributed by atoms with Crippen molar-refractivity contribution < 1.29 is 0 Å². The highest BCUT2D eigenvalue weighted by Gasteiger charge is 2.12. The van der Waals surface area contributed by atoms with Crippen LogP contribution >= 0.6 is 15.9 Å². The number of aromatic nitrogens is 2. The fourth-order valence-electron chi connectivity index (χ4n) is 2.01. The van der Waals surface area contributed by atoms with Gasteiger partial charge in [0.05, 0.1) is 4.47 Å². The van der Waals surface area contributed by atoms with Gasteiger partial charge in [-0.15, -0.1) is 0 Å². The van der Waals surface area contributed by atoms with Crippen molar-refractivity contribution in [1.29, 1.82) is 0 Å². The van der Waals surface area contributed by atoms with Gasteiger partial charge in [0.15, 0.2) is 0 Å². The van der Waals surface area contributed by atoms with Crippen molar-refractivity contribution >= 4 is 21.7 Å². The summed E-state index contributed by atoms with van der Waals surface area (Å²) in [6.07, 6.45) is 7.18. The van der Waals surface area contributed by atoms with Crippen LogP contribution in [0.25, 0.3) is 0 Å². The molecule has 5 heteroatoms. The number of nitrogens with zero attached hydrogens (tertiary/aromatic N) is 2. The van der Waals surface area contributed by atoms with E-state index < -0.39 is 0 Å². The Kier molecular flexibility index (Phi) is 4.54. The van der Waals surface area contributed by atoms with E-state index in [0.717, 1.165) is 29.3 Å². The van der Waals surface area contributed by atoms with Crippen LogP contribution in [0.3, 0.4) is 0 Å². The molecule has 2 heterocycles. The molecule has 4 nitrogen and oxygen atoms in total. The summed E-state index contributed by atoms with van der Waals surface area (Å²) in [6, 6.07) is 0. The Morgan fingerprint density at radius 3 is 3.25 bits per heavy atom. The first kappa shape index (κ1) is 11.8. The quantitative estimate of drug-likeness (QED) is 0.889. The summed E-state index contributed by atoms with van der Waals surface area (Å²) < 4.78 is 0.928. The topological polar surface area (TPSA) is 49.8 Å². The summed E-state index contributed by atoms with van der Waals surface area (Å²) in [5, 5.41) is 6.77. The van der Waals surface area contributed by atoms with Crippen molar-refractivity contribution in [2.75, 3.05) is 25.0 Å². The fourth-order valence-corrected chi connectivity index (χ4v) is 2.37. The molecule has 2 rings (SSSR count).